The molecule has 0 saturated heterocycles. The second kappa shape index (κ2) is 4.48. The minimum atomic E-state index is -0.759. The number of rotatable bonds is 2. The first kappa shape index (κ1) is 12.1. The molecule has 0 radical (unpaired) electrons. The minimum absolute atomic E-state index is 0.348. The zero-order valence-electron chi connectivity index (χ0n) is 9.97. The molecule has 1 heterocycles. The number of hydrogen-bond donors (Lipinski definition) is 1. The van der Waals surface area contributed by atoms with Crippen LogP contribution in [0, 0.1) is 0 Å². The minimum Gasteiger partial charge on any atom is -0.453 e. The van der Waals surface area contributed by atoms with E-state index in [1.165, 1.54) is 7.11 Å². The van der Waals surface area contributed by atoms with Crippen LogP contribution in [0.4, 0.5) is 4.79 Å². The summed E-state index contributed by atoms with van der Waals surface area (Å²) in [6.07, 6.45) is -1.45. The number of carbonyl (C=O) groups is 3. The SMILES string of the molecule is COC(=O)NC(C)N1C(=O)c2ccccc2C1=O. The van der Waals surface area contributed by atoms with Crippen molar-refractivity contribution in [3.63, 3.8) is 0 Å². The van der Waals surface area contributed by atoms with E-state index in [0.29, 0.717) is 11.1 Å². The maximum atomic E-state index is 12.0. The third-order valence-corrected chi connectivity index (χ3v) is 2.72. The Morgan fingerprint density at radius 2 is 1.72 bits per heavy atom. The Morgan fingerprint density at radius 1 is 1.22 bits per heavy atom. The van der Waals surface area contributed by atoms with Crippen molar-refractivity contribution < 1.29 is 19.1 Å². The van der Waals surface area contributed by atoms with Gasteiger partial charge in [0.2, 0.25) is 0 Å². The summed E-state index contributed by atoms with van der Waals surface area (Å²) in [7, 11) is 1.21. The Labute approximate surface area is 104 Å². The van der Waals surface area contributed by atoms with E-state index in [0.717, 1.165) is 4.90 Å². The number of benzene rings is 1. The molecule has 1 atom stereocenters. The molecule has 1 unspecified atom stereocenters. The highest BCUT2D eigenvalue weighted by Gasteiger charge is 2.38. The molecule has 0 aromatic heterocycles. The quantitative estimate of drug-likeness (QED) is 0.792. The predicted octanol–water partition coefficient (Wildman–Crippen LogP) is 0.985. The number of ether oxygens (including phenoxy) is 1. The largest absolute Gasteiger partial charge is 0.453 e. The molecule has 1 aliphatic rings. The van der Waals surface area contributed by atoms with Gasteiger partial charge in [-0.1, -0.05) is 12.1 Å². The smallest absolute Gasteiger partial charge is 0.408 e. The van der Waals surface area contributed by atoms with Crippen molar-refractivity contribution >= 4 is 17.9 Å². The third-order valence-electron chi connectivity index (χ3n) is 2.72. The highest BCUT2D eigenvalue weighted by molar-refractivity contribution is 6.21. The van der Waals surface area contributed by atoms with Gasteiger partial charge in [-0.25, -0.2) is 4.79 Å². The second-order valence-electron chi connectivity index (χ2n) is 3.84. The molecule has 94 valence electrons. The molecular formula is C12H12N2O4. The van der Waals surface area contributed by atoms with Crippen molar-refractivity contribution in [3.05, 3.63) is 35.4 Å². The summed E-state index contributed by atoms with van der Waals surface area (Å²) in [5.74, 6) is -0.834. The van der Waals surface area contributed by atoms with Crippen LogP contribution in [0.15, 0.2) is 24.3 Å². The number of fused-ring (bicyclic) bond motifs is 1. The fourth-order valence-electron chi connectivity index (χ4n) is 1.85. The van der Waals surface area contributed by atoms with Crippen molar-refractivity contribution in [3.8, 4) is 0 Å². The Balaban J connectivity index is 2.25. The third kappa shape index (κ3) is 1.81. The molecule has 1 N–H and O–H groups in total. The Bertz CT molecular complexity index is 492. The van der Waals surface area contributed by atoms with Crippen LogP contribution < -0.4 is 5.32 Å². The molecule has 1 aromatic rings. The standard InChI is InChI=1S/C12H12N2O4/c1-7(13-12(17)18-2)14-10(15)8-5-3-4-6-9(8)11(14)16/h3-7H,1-2H3,(H,13,17). The molecular weight excluding hydrogens is 236 g/mol. The van der Waals surface area contributed by atoms with Gasteiger partial charge >= 0.3 is 6.09 Å². The van der Waals surface area contributed by atoms with Crippen molar-refractivity contribution in [1.82, 2.24) is 10.2 Å². The topological polar surface area (TPSA) is 75.7 Å². The summed E-state index contributed by atoms with van der Waals surface area (Å²) in [4.78, 5) is 36.1. The lowest BCUT2D eigenvalue weighted by Gasteiger charge is -2.22. The first-order valence-electron chi connectivity index (χ1n) is 5.37. The molecule has 0 spiro atoms. The van der Waals surface area contributed by atoms with Gasteiger partial charge < -0.3 is 10.1 Å². The molecule has 0 bridgehead atoms. The van der Waals surface area contributed by atoms with E-state index in [1.807, 2.05) is 0 Å². The number of nitrogens with one attached hydrogen (secondary N) is 1. The van der Waals surface area contributed by atoms with E-state index in [-0.39, 0.29) is 0 Å². The molecule has 0 saturated carbocycles. The van der Waals surface area contributed by atoms with Crippen LogP contribution in [-0.4, -0.2) is 36.1 Å². The monoisotopic (exact) mass is 248 g/mol. The lowest BCUT2D eigenvalue weighted by atomic mass is 10.1. The molecule has 1 aromatic carbocycles. The molecule has 0 aliphatic carbocycles. The van der Waals surface area contributed by atoms with Crippen LogP contribution in [0.25, 0.3) is 0 Å². The van der Waals surface area contributed by atoms with E-state index in [2.05, 4.69) is 10.1 Å². The van der Waals surface area contributed by atoms with Gasteiger partial charge in [-0.15, -0.1) is 0 Å². The maximum Gasteiger partial charge on any atom is 0.408 e. The summed E-state index contributed by atoms with van der Waals surface area (Å²) in [5, 5.41) is 2.39. The van der Waals surface area contributed by atoms with E-state index in [4.69, 9.17) is 0 Å². The number of carbonyl (C=O) groups excluding carboxylic acids is 3. The maximum absolute atomic E-state index is 12.0. The Kier molecular flexibility index (Phi) is 3.01. The molecule has 18 heavy (non-hydrogen) atoms. The fourth-order valence-corrected chi connectivity index (χ4v) is 1.85. The van der Waals surface area contributed by atoms with Gasteiger partial charge in [-0.3, -0.25) is 14.5 Å². The summed E-state index contributed by atoms with van der Waals surface area (Å²) in [6, 6.07) is 6.54. The fraction of sp³-hybridized carbons (Fsp3) is 0.250. The van der Waals surface area contributed by atoms with Crippen LogP contribution in [0.1, 0.15) is 27.6 Å². The van der Waals surface area contributed by atoms with Crippen molar-refractivity contribution in [2.24, 2.45) is 0 Å². The molecule has 0 fully saturated rings. The predicted molar refractivity (Wildman–Crippen MR) is 61.9 cm³/mol. The summed E-state index contributed by atoms with van der Waals surface area (Å²) in [5.41, 5.74) is 0.696. The highest BCUT2D eigenvalue weighted by Crippen LogP contribution is 2.23. The zero-order chi connectivity index (χ0) is 13.3. The van der Waals surface area contributed by atoms with Crippen LogP contribution in [0.3, 0.4) is 0 Å². The Morgan fingerprint density at radius 3 is 2.17 bits per heavy atom. The lowest BCUT2D eigenvalue weighted by Crippen LogP contribution is -2.48. The van der Waals surface area contributed by atoms with Gasteiger partial charge in [-0.2, -0.15) is 0 Å². The number of imide groups is 1. The van der Waals surface area contributed by atoms with Gasteiger partial charge in [0.25, 0.3) is 11.8 Å². The van der Waals surface area contributed by atoms with E-state index in [9.17, 15) is 14.4 Å². The average molecular weight is 248 g/mol. The van der Waals surface area contributed by atoms with Gasteiger partial charge in [-0.05, 0) is 19.1 Å². The van der Waals surface area contributed by atoms with Crippen LogP contribution in [-0.2, 0) is 4.74 Å². The number of methoxy groups -OCH3 is 1. The number of nitrogens with zero attached hydrogens (tertiary/aromatic N) is 1. The van der Waals surface area contributed by atoms with Crippen LogP contribution >= 0.6 is 0 Å². The van der Waals surface area contributed by atoms with Crippen molar-refractivity contribution in [1.29, 1.82) is 0 Å². The highest BCUT2D eigenvalue weighted by atomic mass is 16.5. The summed E-state index contributed by atoms with van der Waals surface area (Å²) in [6.45, 7) is 1.54. The van der Waals surface area contributed by atoms with Crippen LogP contribution in [0.2, 0.25) is 0 Å². The molecule has 6 nitrogen and oxygen atoms in total. The normalized spacial score (nSPS) is 15.3. The van der Waals surface area contributed by atoms with Crippen molar-refractivity contribution in [2.45, 2.75) is 13.1 Å². The molecule has 1 aliphatic heterocycles. The lowest BCUT2D eigenvalue weighted by molar-refractivity contribution is 0.0567. The first-order chi connectivity index (χ1) is 8.56. The second-order valence-corrected chi connectivity index (χ2v) is 3.84. The number of amides is 3. The van der Waals surface area contributed by atoms with Crippen LogP contribution in [0.5, 0.6) is 0 Å². The zero-order valence-corrected chi connectivity index (χ0v) is 9.97. The average Bonchev–Trinajstić information content (AvgIpc) is 2.62. The van der Waals surface area contributed by atoms with Gasteiger partial charge in [0.05, 0.1) is 18.2 Å². The van der Waals surface area contributed by atoms with E-state index in [1.54, 1.807) is 31.2 Å². The summed E-state index contributed by atoms with van der Waals surface area (Å²) >= 11 is 0. The van der Waals surface area contributed by atoms with Gasteiger partial charge in [0.1, 0.15) is 6.17 Å². The number of hydrogen-bond acceptors (Lipinski definition) is 4. The van der Waals surface area contributed by atoms with E-state index >= 15 is 0 Å². The Hall–Kier alpha value is -2.37. The summed E-state index contributed by atoms with van der Waals surface area (Å²) < 4.78 is 4.43. The van der Waals surface area contributed by atoms with Gasteiger partial charge in [0.15, 0.2) is 0 Å². The molecule has 6 heteroatoms. The molecule has 2 rings (SSSR count). The van der Waals surface area contributed by atoms with E-state index < -0.39 is 24.1 Å². The van der Waals surface area contributed by atoms with Crippen molar-refractivity contribution in [2.75, 3.05) is 7.11 Å². The first-order valence-corrected chi connectivity index (χ1v) is 5.37. The van der Waals surface area contributed by atoms with Gasteiger partial charge in [0, 0.05) is 0 Å². The molecule has 3 amide bonds. The number of alkyl carbamates (subject to hydrolysis) is 1.